The van der Waals surface area contributed by atoms with Crippen molar-refractivity contribution >= 4 is 0 Å². The lowest BCUT2D eigenvalue weighted by Crippen LogP contribution is -2.34. The Kier molecular flexibility index (Phi) is 5.18. The second kappa shape index (κ2) is 5.37. The summed E-state index contributed by atoms with van der Waals surface area (Å²) in [6.45, 7) is 22.2. The molecule has 0 bridgehead atoms. The van der Waals surface area contributed by atoms with E-state index in [1.165, 1.54) is 0 Å². The molecule has 17 heavy (non-hydrogen) atoms. The topological polar surface area (TPSA) is 0 Å². The number of hydrogen-bond acceptors (Lipinski definition) is 0. The van der Waals surface area contributed by atoms with Crippen molar-refractivity contribution in [3.8, 4) is 0 Å². The highest BCUT2D eigenvalue weighted by Crippen LogP contribution is 2.44. The van der Waals surface area contributed by atoms with Crippen molar-refractivity contribution in [3.05, 3.63) is 24.3 Å². The lowest BCUT2D eigenvalue weighted by Gasteiger charge is -2.41. The lowest BCUT2D eigenvalue weighted by molar-refractivity contribution is 0.0946. The van der Waals surface area contributed by atoms with Crippen LogP contribution in [0.4, 0.5) is 4.39 Å². The molecule has 0 rings (SSSR count). The fourth-order valence-corrected chi connectivity index (χ4v) is 2.27. The van der Waals surface area contributed by atoms with Crippen LogP contribution in [0.3, 0.4) is 0 Å². The predicted molar refractivity (Wildman–Crippen MR) is 75.9 cm³/mol. The highest BCUT2D eigenvalue weighted by molar-refractivity contribution is 5.08. The lowest BCUT2D eigenvalue weighted by atomic mass is 9.65. The Labute approximate surface area is 107 Å². The van der Waals surface area contributed by atoms with Crippen molar-refractivity contribution in [1.82, 2.24) is 0 Å². The largest absolute Gasteiger partial charge is 0.242 e. The molecule has 1 heteroatoms. The molecular weight excluding hydrogens is 211 g/mol. The Bertz CT molecular complexity index is 297. The predicted octanol–water partition coefficient (Wildman–Crippen LogP) is 5.56. The summed E-state index contributed by atoms with van der Waals surface area (Å²) in [6, 6.07) is 0. The Morgan fingerprint density at radius 3 is 1.82 bits per heavy atom. The summed E-state index contributed by atoms with van der Waals surface area (Å²) in [5.41, 5.74) is 1.76. The average Bonchev–Trinajstić information content (AvgIpc) is 2.13. The molecule has 0 N–H and O–H groups in total. The first kappa shape index (κ1) is 16.4. The number of alkyl halides is 1. The molecule has 2 atom stereocenters. The van der Waals surface area contributed by atoms with Gasteiger partial charge in [0.2, 0.25) is 0 Å². The van der Waals surface area contributed by atoms with E-state index in [1.807, 2.05) is 13.8 Å². The highest BCUT2D eigenvalue weighted by Gasteiger charge is 2.37. The van der Waals surface area contributed by atoms with Gasteiger partial charge in [0.1, 0.15) is 6.17 Å². The minimum Gasteiger partial charge on any atom is -0.242 e. The van der Waals surface area contributed by atoms with Crippen LogP contribution in [0.2, 0.25) is 0 Å². The highest BCUT2D eigenvalue weighted by atomic mass is 19.1. The van der Waals surface area contributed by atoms with Crippen LogP contribution in [0.5, 0.6) is 0 Å². The molecule has 0 amide bonds. The molecule has 0 radical (unpaired) electrons. The van der Waals surface area contributed by atoms with Gasteiger partial charge < -0.3 is 0 Å². The number of allylic oxidation sites excluding steroid dienone is 2. The Morgan fingerprint density at radius 2 is 1.53 bits per heavy atom. The van der Waals surface area contributed by atoms with Gasteiger partial charge in [-0.25, -0.2) is 4.39 Å². The summed E-state index contributed by atoms with van der Waals surface area (Å²) < 4.78 is 14.1. The maximum atomic E-state index is 14.1. The molecule has 0 spiro atoms. The van der Waals surface area contributed by atoms with Crippen LogP contribution in [0, 0.1) is 16.7 Å². The monoisotopic (exact) mass is 240 g/mol. The van der Waals surface area contributed by atoms with Gasteiger partial charge in [-0.2, -0.15) is 0 Å². The summed E-state index contributed by atoms with van der Waals surface area (Å²) >= 11 is 0. The van der Waals surface area contributed by atoms with Gasteiger partial charge in [-0.05, 0) is 42.6 Å². The van der Waals surface area contributed by atoms with Crippen molar-refractivity contribution in [2.24, 2.45) is 16.7 Å². The van der Waals surface area contributed by atoms with E-state index >= 15 is 0 Å². The van der Waals surface area contributed by atoms with Crippen LogP contribution in [0.1, 0.15) is 54.9 Å². The first-order chi connectivity index (χ1) is 7.42. The number of hydrogen-bond donors (Lipinski definition) is 0. The van der Waals surface area contributed by atoms with Gasteiger partial charge in [0.05, 0.1) is 0 Å². The van der Waals surface area contributed by atoms with Crippen molar-refractivity contribution < 1.29 is 4.39 Å². The van der Waals surface area contributed by atoms with E-state index in [0.29, 0.717) is 5.57 Å². The molecule has 0 aliphatic heterocycles. The summed E-state index contributed by atoms with van der Waals surface area (Å²) in [4.78, 5) is 0. The van der Waals surface area contributed by atoms with Crippen LogP contribution in [0.15, 0.2) is 24.3 Å². The maximum Gasteiger partial charge on any atom is 0.124 e. The fraction of sp³-hybridized carbons (Fsp3) is 0.750. The molecule has 100 valence electrons. The molecule has 1 unspecified atom stereocenters. The van der Waals surface area contributed by atoms with Crippen LogP contribution < -0.4 is 0 Å². The zero-order chi connectivity index (χ0) is 14.0. The average molecular weight is 240 g/mol. The Hall–Kier alpha value is -0.590. The van der Waals surface area contributed by atoms with E-state index in [4.69, 9.17) is 0 Å². The third-order valence-corrected chi connectivity index (χ3v) is 4.20. The molecule has 0 fully saturated rings. The summed E-state index contributed by atoms with van der Waals surface area (Å²) in [5.74, 6) is -0.0291. The number of halogens is 1. The fourth-order valence-electron chi connectivity index (χ4n) is 2.27. The van der Waals surface area contributed by atoms with E-state index < -0.39 is 6.17 Å². The zero-order valence-electron chi connectivity index (χ0n) is 12.7. The molecule has 0 aliphatic rings. The van der Waals surface area contributed by atoms with Crippen LogP contribution >= 0.6 is 0 Å². The van der Waals surface area contributed by atoms with Gasteiger partial charge in [-0.15, -0.1) is 0 Å². The third kappa shape index (κ3) is 4.29. The van der Waals surface area contributed by atoms with Crippen molar-refractivity contribution in [2.45, 2.75) is 61.1 Å². The molecule has 0 saturated carbocycles. The maximum absolute atomic E-state index is 14.1. The van der Waals surface area contributed by atoms with Crippen molar-refractivity contribution in [3.63, 3.8) is 0 Å². The van der Waals surface area contributed by atoms with Crippen molar-refractivity contribution in [1.29, 1.82) is 0 Å². The van der Waals surface area contributed by atoms with E-state index in [1.54, 1.807) is 6.92 Å². The normalized spacial score (nSPS) is 16.5. The molecule has 0 aromatic heterocycles. The molecule has 0 saturated heterocycles. The Balaban J connectivity index is 4.90. The smallest absolute Gasteiger partial charge is 0.124 e. The second-order valence-corrected chi connectivity index (χ2v) is 6.87. The van der Waals surface area contributed by atoms with Crippen LogP contribution in [-0.4, -0.2) is 6.17 Å². The standard InChI is InChI=1S/C16H29F/c1-11(2)14(17)13(5)16(8,9)10-15(6,7)12(3)4/h13-14H,1,3,10H2,2,4-9H3/t13?,14-/m1/s1. The Morgan fingerprint density at radius 1 is 1.12 bits per heavy atom. The first-order valence-electron chi connectivity index (χ1n) is 6.37. The second-order valence-electron chi connectivity index (χ2n) is 6.87. The number of rotatable bonds is 6. The van der Waals surface area contributed by atoms with Crippen molar-refractivity contribution in [2.75, 3.05) is 0 Å². The van der Waals surface area contributed by atoms with Gasteiger partial charge in [-0.1, -0.05) is 53.3 Å². The third-order valence-electron chi connectivity index (χ3n) is 4.20. The molecule has 0 heterocycles. The summed E-state index contributed by atoms with van der Waals surface area (Å²) in [6.07, 6.45) is 0.00965. The molecule has 0 aliphatic carbocycles. The van der Waals surface area contributed by atoms with Crippen LogP contribution in [0.25, 0.3) is 0 Å². The minimum atomic E-state index is -0.925. The van der Waals surface area contributed by atoms with E-state index in [9.17, 15) is 4.39 Å². The first-order valence-corrected chi connectivity index (χ1v) is 6.37. The SMILES string of the molecule is C=C(C)[C@@H](F)C(C)C(C)(C)CC(C)(C)C(=C)C. The van der Waals surface area contributed by atoms with Gasteiger partial charge in [0, 0.05) is 0 Å². The summed E-state index contributed by atoms with van der Waals surface area (Å²) in [5, 5.41) is 0. The quantitative estimate of drug-likeness (QED) is 0.533. The van der Waals surface area contributed by atoms with Crippen LogP contribution in [-0.2, 0) is 0 Å². The molecule has 0 aromatic rings. The molecular formula is C16H29F. The van der Waals surface area contributed by atoms with E-state index in [0.717, 1.165) is 12.0 Å². The van der Waals surface area contributed by atoms with E-state index in [2.05, 4.69) is 40.9 Å². The molecule has 0 nitrogen and oxygen atoms in total. The van der Waals surface area contributed by atoms with Gasteiger partial charge in [0.15, 0.2) is 0 Å². The molecule has 0 aromatic carbocycles. The van der Waals surface area contributed by atoms with E-state index in [-0.39, 0.29) is 16.7 Å². The zero-order valence-corrected chi connectivity index (χ0v) is 12.7. The van der Waals surface area contributed by atoms with Gasteiger partial charge >= 0.3 is 0 Å². The van der Waals surface area contributed by atoms with Gasteiger partial charge in [-0.3, -0.25) is 0 Å². The summed E-state index contributed by atoms with van der Waals surface area (Å²) in [7, 11) is 0. The van der Waals surface area contributed by atoms with Gasteiger partial charge in [0.25, 0.3) is 0 Å². The minimum absolute atomic E-state index is 0.0291.